The van der Waals surface area contributed by atoms with Crippen molar-refractivity contribution in [2.24, 2.45) is 0 Å². The molecule has 3 amide bonds. The molecule has 10 heteroatoms. The van der Waals surface area contributed by atoms with Crippen molar-refractivity contribution in [3.05, 3.63) is 77.3 Å². The third-order valence-electron chi connectivity index (χ3n) is 5.40. The number of halogens is 1. The first-order chi connectivity index (χ1) is 16.0. The number of amides is 3. The first-order valence-corrected chi connectivity index (χ1v) is 11.5. The summed E-state index contributed by atoms with van der Waals surface area (Å²) in [4.78, 5) is 50.0. The lowest BCUT2D eigenvalue weighted by Gasteiger charge is -2.22. The van der Waals surface area contributed by atoms with Crippen molar-refractivity contribution in [1.29, 1.82) is 0 Å². The van der Waals surface area contributed by atoms with Crippen molar-refractivity contribution < 1.29 is 14.4 Å². The van der Waals surface area contributed by atoms with Crippen molar-refractivity contribution in [2.45, 2.75) is 13.0 Å². The van der Waals surface area contributed by atoms with Crippen LogP contribution >= 0.6 is 22.9 Å². The van der Waals surface area contributed by atoms with E-state index in [1.165, 1.54) is 11.3 Å². The van der Waals surface area contributed by atoms with Crippen LogP contribution in [0.5, 0.6) is 0 Å². The molecule has 8 nitrogen and oxygen atoms in total. The summed E-state index contributed by atoms with van der Waals surface area (Å²) in [6.07, 6.45) is 5.90. The second-order valence-corrected chi connectivity index (χ2v) is 9.00. The molecule has 0 spiro atoms. The van der Waals surface area contributed by atoms with Gasteiger partial charge in [-0.15, -0.1) is 0 Å². The number of imidazole rings is 1. The lowest BCUT2D eigenvalue weighted by molar-refractivity contribution is -0.119. The molecule has 0 saturated carbocycles. The van der Waals surface area contributed by atoms with Gasteiger partial charge in [0.15, 0.2) is 5.13 Å². The van der Waals surface area contributed by atoms with E-state index in [1.807, 2.05) is 10.8 Å². The Morgan fingerprint density at radius 3 is 2.55 bits per heavy atom. The fraction of sp³-hybridized carbons (Fsp3) is 0.174. The number of aromatic nitrogens is 3. The molecule has 0 atom stereocenters. The average Bonchev–Trinajstić information content (AvgIpc) is 3.53. The zero-order valence-corrected chi connectivity index (χ0v) is 18.9. The number of imide groups is 1. The minimum atomic E-state index is -0.460. The van der Waals surface area contributed by atoms with Gasteiger partial charge in [0.1, 0.15) is 6.54 Å². The summed E-state index contributed by atoms with van der Waals surface area (Å²) in [5, 5.41) is 1.08. The maximum atomic E-state index is 13.4. The van der Waals surface area contributed by atoms with Gasteiger partial charge in [-0.1, -0.05) is 35.1 Å². The Balaban J connectivity index is 1.40. The molecule has 2 aromatic carbocycles. The van der Waals surface area contributed by atoms with Crippen LogP contribution in [0.1, 0.15) is 27.1 Å². The van der Waals surface area contributed by atoms with Gasteiger partial charge in [-0.05, 0) is 36.8 Å². The highest BCUT2D eigenvalue weighted by molar-refractivity contribution is 7.22. The summed E-state index contributed by atoms with van der Waals surface area (Å²) in [7, 11) is 0. The van der Waals surface area contributed by atoms with Crippen molar-refractivity contribution in [3.63, 3.8) is 0 Å². The van der Waals surface area contributed by atoms with Gasteiger partial charge < -0.3 is 4.57 Å². The smallest absolute Gasteiger partial charge is 0.262 e. The van der Waals surface area contributed by atoms with Crippen LogP contribution in [0, 0.1) is 0 Å². The monoisotopic (exact) mass is 479 g/mol. The Bertz CT molecular complexity index is 1330. The van der Waals surface area contributed by atoms with Crippen LogP contribution < -0.4 is 4.90 Å². The minimum Gasteiger partial charge on any atom is -0.337 e. The van der Waals surface area contributed by atoms with Gasteiger partial charge in [0.05, 0.1) is 27.7 Å². The normalized spacial score (nSPS) is 13.1. The molecule has 0 N–H and O–H groups in total. The molecule has 0 bridgehead atoms. The molecule has 33 heavy (non-hydrogen) atoms. The van der Waals surface area contributed by atoms with Gasteiger partial charge in [-0.25, -0.2) is 9.97 Å². The Kier molecular flexibility index (Phi) is 5.65. The predicted octanol–water partition coefficient (Wildman–Crippen LogP) is 3.87. The van der Waals surface area contributed by atoms with Crippen molar-refractivity contribution in [1.82, 2.24) is 19.4 Å². The van der Waals surface area contributed by atoms with E-state index in [9.17, 15) is 14.4 Å². The molecule has 0 radical (unpaired) electrons. The summed E-state index contributed by atoms with van der Waals surface area (Å²) in [6, 6.07) is 11.9. The lowest BCUT2D eigenvalue weighted by atomic mass is 10.1. The highest BCUT2D eigenvalue weighted by Gasteiger charge is 2.37. The quantitative estimate of drug-likeness (QED) is 0.375. The number of benzene rings is 2. The fourth-order valence-electron chi connectivity index (χ4n) is 3.76. The zero-order chi connectivity index (χ0) is 22.9. The van der Waals surface area contributed by atoms with E-state index >= 15 is 0 Å². The molecule has 3 heterocycles. The number of anilines is 1. The molecule has 1 aliphatic rings. The number of fused-ring (bicyclic) bond motifs is 2. The molecular formula is C23H18ClN5O3S. The van der Waals surface area contributed by atoms with Crippen LogP contribution in [-0.4, -0.2) is 50.2 Å². The first kappa shape index (κ1) is 21.3. The molecule has 0 unspecified atom stereocenters. The van der Waals surface area contributed by atoms with Crippen LogP contribution in [0.4, 0.5) is 5.13 Å². The van der Waals surface area contributed by atoms with Crippen LogP contribution in [0.25, 0.3) is 10.2 Å². The number of hydrogen-bond acceptors (Lipinski definition) is 6. The zero-order valence-electron chi connectivity index (χ0n) is 17.3. The van der Waals surface area contributed by atoms with E-state index in [4.69, 9.17) is 11.6 Å². The van der Waals surface area contributed by atoms with Crippen LogP contribution in [0.3, 0.4) is 0 Å². The SMILES string of the molecule is O=C1c2ccccc2C(=O)N1CC(=O)N(CCCn1ccnc1)c1nc2ccc(Cl)cc2s1. The molecular weight excluding hydrogens is 462 g/mol. The minimum absolute atomic E-state index is 0.316. The maximum Gasteiger partial charge on any atom is 0.262 e. The predicted molar refractivity (Wildman–Crippen MR) is 126 cm³/mol. The van der Waals surface area contributed by atoms with E-state index in [2.05, 4.69) is 9.97 Å². The second-order valence-electron chi connectivity index (χ2n) is 7.55. The Morgan fingerprint density at radius 1 is 1.09 bits per heavy atom. The number of carbonyl (C=O) groups excluding carboxylic acids is 3. The second kappa shape index (κ2) is 8.76. The number of rotatable bonds is 7. The summed E-state index contributed by atoms with van der Waals surface area (Å²) in [5.74, 6) is -1.29. The van der Waals surface area contributed by atoms with Crippen LogP contribution in [0.15, 0.2) is 61.2 Å². The fourth-order valence-corrected chi connectivity index (χ4v) is 5.05. The molecule has 0 fully saturated rings. The number of nitrogens with zero attached hydrogens (tertiary/aromatic N) is 5. The summed E-state index contributed by atoms with van der Waals surface area (Å²) in [5.41, 5.74) is 1.36. The van der Waals surface area contributed by atoms with Crippen molar-refractivity contribution in [3.8, 4) is 0 Å². The van der Waals surface area contributed by atoms with Crippen molar-refractivity contribution >= 4 is 56.0 Å². The number of carbonyl (C=O) groups is 3. The average molecular weight is 480 g/mol. The van der Waals surface area contributed by atoms with Gasteiger partial charge in [-0.2, -0.15) is 0 Å². The van der Waals surface area contributed by atoms with Gasteiger partial charge in [0.2, 0.25) is 5.91 Å². The highest BCUT2D eigenvalue weighted by atomic mass is 35.5. The van der Waals surface area contributed by atoms with Gasteiger partial charge in [-0.3, -0.25) is 24.2 Å². The van der Waals surface area contributed by atoms with E-state index in [1.54, 1.807) is 59.9 Å². The summed E-state index contributed by atoms with van der Waals surface area (Å²) >= 11 is 7.45. The van der Waals surface area contributed by atoms with E-state index < -0.39 is 11.8 Å². The largest absolute Gasteiger partial charge is 0.337 e. The maximum absolute atomic E-state index is 13.4. The summed E-state index contributed by atoms with van der Waals surface area (Å²) < 4.78 is 2.77. The molecule has 2 aromatic heterocycles. The Labute approximate surface area is 198 Å². The standard InChI is InChI=1S/C23H18ClN5O3S/c24-15-6-7-18-19(12-15)33-23(26-18)28(10-3-9-27-11-8-25-14-27)20(30)13-29-21(31)16-4-1-2-5-17(16)22(29)32/h1-2,4-8,11-12,14H,3,9-10,13H2. The molecule has 1 aliphatic heterocycles. The molecule has 166 valence electrons. The lowest BCUT2D eigenvalue weighted by Crippen LogP contribution is -2.43. The molecule has 4 aromatic rings. The number of hydrogen-bond donors (Lipinski definition) is 0. The molecule has 0 aliphatic carbocycles. The third-order valence-corrected chi connectivity index (χ3v) is 6.68. The number of aryl methyl sites for hydroxylation is 1. The Hall–Kier alpha value is -3.56. The van der Waals surface area contributed by atoms with Crippen molar-refractivity contribution in [2.75, 3.05) is 18.0 Å². The van der Waals surface area contributed by atoms with Gasteiger partial charge in [0.25, 0.3) is 11.8 Å². The van der Waals surface area contributed by atoms with Gasteiger partial charge in [0, 0.05) is 30.5 Å². The van der Waals surface area contributed by atoms with E-state index in [-0.39, 0.29) is 12.5 Å². The molecule has 0 saturated heterocycles. The van der Waals surface area contributed by atoms with Crippen LogP contribution in [-0.2, 0) is 11.3 Å². The number of thiazole rings is 1. The van der Waals surface area contributed by atoms with E-state index in [0.29, 0.717) is 40.8 Å². The third kappa shape index (κ3) is 4.12. The van der Waals surface area contributed by atoms with Gasteiger partial charge >= 0.3 is 0 Å². The Morgan fingerprint density at radius 2 is 1.85 bits per heavy atom. The molecule has 5 rings (SSSR count). The first-order valence-electron chi connectivity index (χ1n) is 10.3. The summed E-state index contributed by atoms with van der Waals surface area (Å²) in [6.45, 7) is 0.676. The highest BCUT2D eigenvalue weighted by Crippen LogP contribution is 2.31. The van der Waals surface area contributed by atoms with E-state index in [0.717, 1.165) is 15.1 Å². The topological polar surface area (TPSA) is 88.4 Å². The van der Waals surface area contributed by atoms with Crippen LogP contribution in [0.2, 0.25) is 5.02 Å².